The normalized spacial score (nSPS) is 17.2. The first-order chi connectivity index (χ1) is 17.0. The highest BCUT2D eigenvalue weighted by molar-refractivity contribution is 7.92. The van der Waals surface area contributed by atoms with Crippen LogP contribution in [0.3, 0.4) is 0 Å². The minimum absolute atomic E-state index is 0.234. The van der Waals surface area contributed by atoms with Gasteiger partial charge in [-0.2, -0.15) is 0 Å². The van der Waals surface area contributed by atoms with Crippen molar-refractivity contribution in [3.8, 4) is 0 Å². The molecule has 1 fully saturated rings. The quantitative estimate of drug-likeness (QED) is 0.288. The zero-order chi connectivity index (χ0) is 23.8. The van der Waals surface area contributed by atoms with Crippen molar-refractivity contribution in [2.45, 2.75) is 36.6 Å². The number of aromatic nitrogens is 1. The van der Waals surface area contributed by atoms with Crippen LogP contribution in [-0.4, -0.2) is 19.9 Å². The Morgan fingerprint density at radius 1 is 0.857 bits per heavy atom. The average molecular weight is 485 g/mol. The summed E-state index contributed by atoms with van der Waals surface area (Å²) in [5.41, 5.74) is 4.90. The van der Waals surface area contributed by atoms with Crippen molar-refractivity contribution in [1.82, 2.24) is 4.98 Å². The molecule has 1 heterocycles. The molecule has 1 unspecified atom stereocenters. The van der Waals surface area contributed by atoms with Crippen molar-refractivity contribution in [2.75, 3.05) is 21.9 Å². The first-order valence-corrected chi connectivity index (χ1v) is 13.6. The second-order valence-electron chi connectivity index (χ2n) is 9.46. The fourth-order valence-electron chi connectivity index (χ4n) is 4.75. The third-order valence-corrected chi connectivity index (χ3v) is 8.27. The lowest BCUT2D eigenvalue weighted by molar-refractivity contribution is 0.601. The van der Waals surface area contributed by atoms with E-state index in [9.17, 15) is 8.42 Å². The van der Waals surface area contributed by atoms with Crippen LogP contribution in [0.4, 0.5) is 17.2 Å². The van der Waals surface area contributed by atoms with Gasteiger partial charge in [0.25, 0.3) is 10.0 Å². The molecule has 1 saturated carbocycles. The van der Waals surface area contributed by atoms with Crippen LogP contribution in [0, 0.1) is 5.92 Å². The number of nitrogens with zero attached hydrogens (tertiary/aromatic N) is 1. The van der Waals surface area contributed by atoms with Gasteiger partial charge < -0.3 is 10.6 Å². The molecule has 178 valence electrons. The van der Waals surface area contributed by atoms with Gasteiger partial charge in [-0.3, -0.25) is 4.72 Å². The SMILES string of the molecule is O=S(=O)(Nc1cccc2nc(NC3CCc4ccccc43)ccc12)c1ccc(NCC2CC2)cc1. The van der Waals surface area contributed by atoms with Crippen LogP contribution in [0.5, 0.6) is 0 Å². The molecule has 1 aromatic heterocycles. The maximum Gasteiger partial charge on any atom is 0.261 e. The monoisotopic (exact) mass is 484 g/mol. The van der Waals surface area contributed by atoms with E-state index in [-0.39, 0.29) is 10.9 Å². The fourth-order valence-corrected chi connectivity index (χ4v) is 5.83. The highest BCUT2D eigenvalue weighted by Gasteiger charge is 2.23. The second kappa shape index (κ2) is 8.89. The minimum atomic E-state index is -3.72. The smallest absolute Gasteiger partial charge is 0.261 e. The molecule has 0 bridgehead atoms. The Balaban J connectivity index is 1.20. The third-order valence-electron chi connectivity index (χ3n) is 6.89. The molecule has 6 rings (SSSR count). The van der Waals surface area contributed by atoms with Crippen LogP contribution in [0.2, 0.25) is 0 Å². The molecule has 0 saturated heterocycles. The van der Waals surface area contributed by atoms with Crippen molar-refractivity contribution < 1.29 is 8.42 Å². The molecule has 2 aliphatic carbocycles. The zero-order valence-corrected chi connectivity index (χ0v) is 20.2. The number of hydrogen-bond donors (Lipinski definition) is 3. The van der Waals surface area contributed by atoms with E-state index in [1.165, 1.54) is 24.0 Å². The summed E-state index contributed by atoms with van der Waals surface area (Å²) in [7, 11) is -3.72. The van der Waals surface area contributed by atoms with E-state index in [4.69, 9.17) is 4.98 Å². The molecule has 3 N–H and O–H groups in total. The lowest BCUT2D eigenvalue weighted by atomic mass is 10.1. The van der Waals surface area contributed by atoms with Crippen LogP contribution >= 0.6 is 0 Å². The number of rotatable bonds is 8. The molecule has 0 radical (unpaired) electrons. The van der Waals surface area contributed by atoms with Crippen molar-refractivity contribution in [3.63, 3.8) is 0 Å². The molecular weight excluding hydrogens is 456 g/mol. The Bertz CT molecular complexity index is 1480. The lowest BCUT2D eigenvalue weighted by Crippen LogP contribution is -2.13. The number of anilines is 3. The van der Waals surface area contributed by atoms with Crippen LogP contribution < -0.4 is 15.4 Å². The molecule has 0 aliphatic heterocycles. The predicted molar refractivity (Wildman–Crippen MR) is 141 cm³/mol. The maximum atomic E-state index is 13.1. The van der Waals surface area contributed by atoms with E-state index in [1.807, 2.05) is 36.4 Å². The molecule has 0 spiro atoms. The standard InChI is InChI=1S/C28H28N4O2S/c33-35(34,22-13-11-21(12-14-22)29-18-19-8-9-19)32-27-7-3-6-25-24(27)15-17-28(30-25)31-26-16-10-20-4-1-2-5-23(20)26/h1-7,11-15,17,19,26,29,32H,8-10,16,18H2,(H,30,31). The summed E-state index contributed by atoms with van der Waals surface area (Å²) in [6.45, 7) is 0.942. The molecule has 6 nitrogen and oxygen atoms in total. The van der Waals surface area contributed by atoms with Gasteiger partial charge in [0.1, 0.15) is 5.82 Å². The number of hydrogen-bond acceptors (Lipinski definition) is 5. The Hall–Kier alpha value is -3.58. The van der Waals surface area contributed by atoms with E-state index < -0.39 is 10.0 Å². The van der Waals surface area contributed by atoms with Gasteiger partial charge in [-0.1, -0.05) is 30.3 Å². The van der Waals surface area contributed by atoms with Crippen molar-refractivity contribution >= 4 is 38.1 Å². The number of benzene rings is 3. The van der Waals surface area contributed by atoms with E-state index in [0.29, 0.717) is 5.69 Å². The largest absolute Gasteiger partial charge is 0.385 e. The average Bonchev–Trinajstić information content (AvgIpc) is 3.62. The van der Waals surface area contributed by atoms with Gasteiger partial charge in [-0.15, -0.1) is 0 Å². The van der Waals surface area contributed by atoms with Crippen LogP contribution in [0.25, 0.3) is 10.9 Å². The summed E-state index contributed by atoms with van der Waals surface area (Å²) < 4.78 is 28.9. The van der Waals surface area contributed by atoms with Crippen molar-refractivity contribution in [3.05, 3.63) is 90.0 Å². The second-order valence-corrected chi connectivity index (χ2v) is 11.1. The van der Waals surface area contributed by atoms with Crippen molar-refractivity contribution in [2.24, 2.45) is 5.92 Å². The molecule has 0 amide bonds. The first kappa shape index (κ1) is 21.9. The summed E-state index contributed by atoms with van der Waals surface area (Å²) in [6, 6.07) is 25.0. The maximum absolute atomic E-state index is 13.1. The van der Waals surface area contributed by atoms with Gasteiger partial charge in [-0.05, 0) is 91.3 Å². The summed E-state index contributed by atoms with van der Waals surface area (Å²) in [5, 5.41) is 7.68. The summed E-state index contributed by atoms with van der Waals surface area (Å²) in [5.74, 6) is 1.54. The molecule has 2 aliphatic rings. The Labute approximate surface area is 205 Å². The minimum Gasteiger partial charge on any atom is -0.385 e. The molecular formula is C28H28N4O2S. The van der Waals surface area contributed by atoms with E-state index in [2.05, 4.69) is 39.6 Å². The van der Waals surface area contributed by atoms with Gasteiger partial charge in [0, 0.05) is 17.6 Å². The van der Waals surface area contributed by atoms with Crippen LogP contribution in [0.15, 0.2) is 83.8 Å². The number of aryl methyl sites for hydroxylation is 1. The number of pyridine rings is 1. The number of nitrogens with one attached hydrogen (secondary N) is 3. The molecule has 35 heavy (non-hydrogen) atoms. The fraction of sp³-hybridized carbons (Fsp3) is 0.250. The topological polar surface area (TPSA) is 83.1 Å². The first-order valence-electron chi connectivity index (χ1n) is 12.2. The van der Waals surface area contributed by atoms with Gasteiger partial charge in [0.15, 0.2) is 0 Å². The van der Waals surface area contributed by atoms with Gasteiger partial charge in [-0.25, -0.2) is 13.4 Å². The third kappa shape index (κ3) is 4.68. The molecule has 3 aromatic carbocycles. The molecule has 1 atom stereocenters. The summed E-state index contributed by atoms with van der Waals surface area (Å²) in [4.78, 5) is 5.01. The van der Waals surface area contributed by atoms with E-state index >= 15 is 0 Å². The van der Waals surface area contributed by atoms with Crippen LogP contribution in [0.1, 0.15) is 36.4 Å². The highest BCUT2D eigenvalue weighted by Crippen LogP contribution is 2.34. The highest BCUT2D eigenvalue weighted by atomic mass is 32.2. The summed E-state index contributed by atoms with van der Waals surface area (Å²) >= 11 is 0. The Morgan fingerprint density at radius 2 is 1.69 bits per heavy atom. The van der Waals surface area contributed by atoms with Gasteiger partial charge in [0.2, 0.25) is 0 Å². The Morgan fingerprint density at radius 3 is 2.51 bits per heavy atom. The number of fused-ring (bicyclic) bond motifs is 2. The predicted octanol–water partition coefficient (Wildman–Crippen LogP) is 5.96. The Kier molecular flexibility index (Phi) is 5.57. The van der Waals surface area contributed by atoms with Crippen molar-refractivity contribution in [1.29, 1.82) is 0 Å². The molecule has 7 heteroatoms. The van der Waals surface area contributed by atoms with Crippen LogP contribution in [-0.2, 0) is 16.4 Å². The number of sulfonamides is 1. The zero-order valence-electron chi connectivity index (χ0n) is 19.4. The molecule has 4 aromatic rings. The lowest BCUT2D eigenvalue weighted by Gasteiger charge is -2.16. The summed E-state index contributed by atoms with van der Waals surface area (Å²) in [6.07, 6.45) is 4.64. The van der Waals surface area contributed by atoms with E-state index in [0.717, 1.165) is 47.7 Å². The van der Waals surface area contributed by atoms with E-state index in [1.54, 1.807) is 18.2 Å². The van der Waals surface area contributed by atoms with Gasteiger partial charge in [0.05, 0.1) is 22.1 Å². The van der Waals surface area contributed by atoms with Gasteiger partial charge >= 0.3 is 0 Å².